The lowest BCUT2D eigenvalue weighted by atomic mass is 10.2. The van der Waals surface area contributed by atoms with Gasteiger partial charge >= 0.3 is 12.0 Å². The number of carbonyl (C=O) groups excluding carboxylic acids is 1. The number of amides is 2. The highest BCUT2D eigenvalue weighted by molar-refractivity contribution is 5.83. The summed E-state index contributed by atoms with van der Waals surface area (Å²) in [6, 6.07) is -1.36. The summed E-state index contributed by atoms with van der Waals surface area (Å²) in [5, 5.41) is 27.3. The minimum Gasteiger partial charge on any atom is -0.480 e. The number of urea groups is 1. The molecular formula is C11H20N2O5. The Morgan fingerprint density at radius 1 is 1.44 bits per heavy atom. The maximum absolute atomic E-state index is 12.1. The third kappa shape index (κ3) is 3.33. The van der Waals surface area contributed by atoms with Crippen LogP contribution in [-0.4, -0.2) is 75.5 Å². The number of carboxylic acids is 1. The SMILES string of the molecule is CCN(CCCO)C(=O)N1CC(O)C[C@H]1C(=O)O. The van der Waals surface area contributed by atoms with Crippen LogP contribution in [0.1, 0.15) is 19.8 Å². The van der Waals surface area contributed by atoms with Crippen LogP contribution in [0.5, 0.6) is 0 Å². The summed E-state index contributed by atoms with van der Waals surface area (Å²) in [5.74, 6) is -1.10. The van der Waals surface area contributed by atoms with E-state index in [1.54, 1.807) is 6.92 Å². The van der Waals surface area contributed by atoms with Gasteiger partial charge in [0, 0.05) is 32.7 Å². The molecule has 0 saturated carbocycles. The van der Waals surface area contributed by atoms with Gasteiger partial charge in [0.1, 0.15) is 6.04 Å². The molecule has 3 N–H and O–H groups in total. The van der Waals surface area contributed by atoms with E-state index in [0.717, 1.165) is 0 Å². The smallest absolute Gasteiger partial charge is 0.326 e. The first-order chi connectivity index (χ1) is 8.51. The predicted molar refractivity (Wildman–Crippen MR) is 63.1 cm³/mol. The standard InChI is InChI=1S/C11H20N2O5/c1-2-12(4-3-5-14)11(18)13-7-8(15)6-9(13)10(16)17/h8-9,14-15H,2-7H2,1H3,(H,16,17)/t8?,9-/m0/s1. The van der Waals surface area contributed by atoms with Crippen LogP contribution in [0.25, 0.3) is 0 Å². The molecule has 1 aliphatic rings. The summed E-state index contributed by atoms with van der Waals surface area (Å²) in [7, 11) is 0. The van der Waals surface area contributed by atoms with E-state index in [0.29, 0.717) is 19.5 Å². The third-order valence-electron chi connectivity index (χ3n) is 3.05. The van der Waals surface area contributed by atoms with Crippen molar-refractivity contribution in [3.63, 3.8) is 0 Å². The summed E-state index contributed by atoms with van der Waals surface area (Å²) in [6.45, 7) is 2.64. The normalized spacial score (nSPS) is 23.2. The summed E-state index contributed by atoms with van der Waals surface area (Å²) < 4.78 is 0. The number of aliphatic hydroxyl groups is 2. The predicted octanol–water partition coefficient (Wildman–Crippen LogP) is -0.669. The van der Waals surface area contributed by atoms with Gasteiger partial charge in [0.05, 0.1) is 6.10 Å². The second-order valence-corrected chi connectivity index (χ2v) is 4.34. The molecule has 0 aromatic heterocycles. The number of carbonyl (C=O) groups is 2. The van der Waals surface area contributed by atoms with Crippen LogP contribution in [0, 0.1) is 0 Å². The largest absolute Gasteiger partial charge is 0.480 e. The number of hydrogen-bond acceptors (Lipinski definition) is 4. The highest BCUT2D eigenvalue weighted by Crippen LogP contribution is 2.20. The lowest BCUT2D eigenvalue weighted by Gasteiger charge is -2.29. The Morgan fingerprint density at radius 3 is 2.61 bits per heavy atom. The van der Waals surface area contributed by atoms with Gasteiger partial charge in [-0.3, -0.25) is 0 Å². The Hall–Kier alpha value is -1.34. The van der Waals surface area contributed by atoms with Gasteiger partial charge in [0.25, 0.3) is 0 Å². The molecule has 7 heteroatoms. The molecule has 2 atom stereocenters. The highest BCUT2D eigenvalue weighted by Gasteiger charge is 2.40. The van der Waals surface area contributed by atoms with E-state index in [1.807, 2.05) is 0 Å². The molecule has 104 valence electrons. The molecule has 1 heterocycles. The van der Waals surface area contributed by atoms with Crippen molar-refractivity contribution in [2.24, 2.45) is 0 Å². The summed E-state index contributed by atoms with van der Waals surface area (Å²) in [6.07, 6.45) is -0.265. The first kappa shape index (κ1) is 14.7. The summed E-state index contributed by atoms with van der Waals surface area (Å²) in [4.78, 5) is 25.8. The topological polar surface area (TPSA) is 101 Å². The average Bonchev–Trinajstić information content (AvgIpc) is 2.72. The zero-order valence-electron chi connectivity index (χ0n) is 10.4. The van der Waals surface area contributed by atoms with Gasteiger partial charge in [0.2, 0.25) is 0 Å². The van der Waals surface area contributed by atoms with Crippen LogP contribution >= 0.6 is 0 Å². The van der Waals surface area contributed by atoms with Gasteiger partial charge in [-0.05, 0) is 13.3 Å². The molecule has 0 aromatic rings. The first-order valence-corrected chi connectivity index (χ1v) is 6.08. The zero-order chi connectivity index (χ0) is 13.7. The number of β-amino-alcohol motifs (C(OH)–C–C–N with tert-alkyl or cyclic N) is 1. The van der Waals surface area contributed by atoms with Crippen molar-refractivity contribution >= 4 is 12.0 Å². The van der Waals surface area contributed by atoms with Gasteiger partial charge < -0.3 is 25.1 Å². The van der Waals surface area contributed by atoms with Gasteiger partial charge in [-0.15, -0.1) is 0 Å². The third-order valence-corrected chi connectivity index (χ3v) is 3.05. The number of likely N-dealkylation sites (tertiary alicyclic amines) is 1. The Labute approximate surface area is 106 Å². The van der Waals surface area contributed by atoms with Crippen molar-refractivity contribution in [3.05, 3.63) is 0 Å². The molecule has 1 aliphatic heterocycles. The number of aliphatic carboxylic acids is 1. The van der Waals surface area contributed by atoms with Crippen LogP contribution in [0.15, 0.2) is 0 Å². The lowest BCUT2D eigenvalue weighted by Crippen LogP contribution is -2.48. The molecule has 0 aliphatic carbocycles. The highest BCUT2D eigenvalue weighted by atomic mass is 16.4. The molecule has 1 fully saturated rings. The van der Waals surface area contributed by atoms with Crippen LogP contribution < -0.4 is 0 Å². The summed E-state index contributed by atoms with van der Waals surface area (Å²) in [5.41, 5.74) is 0. The van der Waals surface area contributed by atoms with E-state index in [1.165, 1.54) is 9.80 Å². The molecule has 0 spiro atoms. The van der Waals surface area contributed by atoms with Crippen LogP contribution in [-0.2, 0) is 4.79 Å². The fraction of sp³-hybridized carbons (Fsp3) is 0.818. The van der Waals surface area contributed by atoms with Crippen molar-refractivity contribution in [2.45, 2.75) is 31.9 Å². The number of hydrogen-bond donors (Lipinski definition) is 3. The zero-order valence-corrected chi connectivity index (χ0v) is 10.4. The Balaban J connectivity index is 2.70. The van der Waals surface area contributed by atoms with Crippen molar-refractivity contribution in [1.29, 1.82) is 0 Å². The van der Waals surface area contributed by atoms with Crippen LogP contribution in [0.4, 0.5) is 4.79 Å². The first-order valence-electron chi connectivity index (χ1n) is 6.08. The van der Waals surface area contributed by atoms with Crippen molar-refractivity contribution in [1.82, 2.24) is 9.80 Å². The quantitative estimate of drug-likeness (QED) is 0.608. The molecule has 1 saturated heterocycles. The Kier molecular flexibility index (Phi) is 5.36. The van der Waals surface area contributed by atoms with E-state index in [-0.39, 0.29) is 19.6 Å². The molecule has 1 unspecified atom stereocenters. The van der Waals surface area contributed by atoms with Crippen LogP contribution in [0.2, 0.25) is 0 Å². The minimum absolute atomic E-state index is 0.0191. The van der Waals surface area contributed by atoms with Crippen molar-refractivity contribution in [3.8, 4) is 0 Å². The monoisotopic (exact) mass is 260 g/mol. The lowest BCUT2D eigenvalue weighted by molar-refractivity contribution is -0.141. The molecule has 7 nitrogen and oxygen atoms in total. The Morgan fingerprint density at radius 2 is 2.11 bits per heavy atom. The van der Waals surface area contributed by atoms with Gasteiger partial charge in [-0.1, -0.05) is 0 Å². The van der Waals surface area contributed by atoms with E-state index in [4.69, 9.17) is 10.2 Å². The summed E-state index contributed by atoms with van der Waals surface area (Å²) >= 11 is 0. The Bertz CT molecular complexity index is 310. The fourth-order valence-electron chi connectivity index (χ4n) is 2.09. The molecule has 0 aromatic carbocycles. The molecule has 18 heavy (non-hydrogen) atoms. The van der Waals surface area contributed by atoms with Gasteiger partial charge in [-0.25, -0.2) is 9.59 Å². The van der Waals surface area contributed by atoms with Gasteiger partial charge in [0.15, 0.2) is 0 Å². The van der Waals surface area contributed by atoms with Crippen molar-refractivity contribution < 1.29 is 24.9 Å². The number of nitrogens with zero attached hydrogens (tertiary/aromatic N) is 2. The van der Waals surface area contributed by atoms with Crippen LogP contribution in [0.3, 0.4) is 0 Å². The van der Waals surface area contributed by atoms with E-state index < -0.39 is 24.1 Å². The molecule has 0 bridgehead atoms. The number of rotatable bonds is 5. The molecule has 0 radical (unpaired) electrons. The van der Waals surface area contributed by atoms with E-state index in [9.17, 15) is 14.7 Å². The molecule has 2 amide bonds. The fourth-order valence-corrected chi connectivity index (χ4v) is 2.09. The van der Waals surface area contributed by atoms with Crippen molar-refractivity contribution in [2.75, 3.05) is 26.2 Å². The molecular weight excluding hydrogens is 240 g/mol. The maximum Gasteiger partial charge on any atom is 0.326 e. The maximum atomic E-state index is 12.1. The second-order valence-electron chi connectivity index (χ2n) is 4.34. The molecule has 1 rings (SSSR count). The second kappa shape index (κ2) is 6.55. The number of carboxylic acid groups (broad SMARTS) is 1. The minimum atomic E-state index is -1.10. The average molecular weight is 260 g/mol. The van der Waals surface area contributed by atoms with E-state index >= 15 is 0 Å². The number of aliphatic hydroxyl groups excluding tert-OH is 2. The van der Waals surface area contributed by atoms with E-state index in [2.05, 4.69) is 0 Å². The van der Waals surface area contributed by atoms with Gasteiger partial charge in [-0.2, -0.15) is 0 Å².